The number of fused-ring (bicyclic) bond motifs is 4. The maximum Gasteiger partial charge on any atom is 0.329 e. The molecule has 6 rings (SSSR count). The summed E-state index contributed by atoms with van der Waals surface area (Å²) in [5.74, 6) is 0.611. The summed E-state index contributed by atoms with van der Waals surface area (Å²) in [6.07, 6.45) is 4.23. The minimum atomic E-state index is -0.613. The topological polar surface area (TPSA) is 118 Å². The van der Waals surface area contributed by atoms with Gasteiger partial charge in [-0.2, -0.15) is 0 Å². The van der Waals surface area contributed by atoms with Crippen molar-refractivity contribution < 1.29 is 23.8 Å². The molecule has 2 bridgehead atoms. The Bertz CT molecular complexity index is 1190. The van der Waals surface area contributed by atoms with Gasteiger partial charge in [-0.25, -0.2) is 14.8 Å². The number of ether oxygens (including phenoxy) is 3. The molecule has 0 radical (unpaired) electrons. The first-order valence-electron chi connectivity index (χ1n) is 12.4. The van der Waals surface area contributed by atoms with Crippen molar-refractivity contribution >= 4 is 29.3 Å². The third kappa shape index (κ3) is 4.68. The summed E-state index contributed by atoms with van der Waals surface area (Å²) in [5.41, 5.74) is 1.17. The van der Waals surface area contributed by atoms with Crippen LogP contribution >= 0.6 is 0 Å². The lowest BCUT2D eigenvalue weighted by Crippen LogP contribution is -2.48. The van der Waals surface area contributed by atoms with Gasteiger partial charge >= 0.3 is 6.03 Å². The van der Waals surface area contributed by atoms with Crippen molar-refractivity contribution in [2.45, 2.75) is 57.1 Å². The van der Waals surface area contributed by atoms with Gasteiger partial charge in [0, 0.05) is 31.4 Å². The molecule has 3 fully saturated rings. The highest BCUT2D eigenvalue weighted by molar-refractivity contribution is 6.05. The van der Waals surface area contributed by atoms with Crippen molar-refractivity contribution in [3.05, 3.63) is 36.2 Å². The highest BCUT2D eigenvalue weighted by Crippen LogP contribution is 2.39. The van der Waals surface area contributed by atoms with E-state index in [1.54, 1.807) is 29.3 Å². The summed E-state index contributed by atoms with van der Waals surface area (Å²) in [5, 5.41) is 5.86. The summed E-state index contributed by atoms with van der Waals surface area (Å²) in [4.78, 5) is 38.9. The molecule has 190 valence electrons. The molecule has 11 heteroatoms. The minimum Gasteiger partial charge on any atom is -0.491 e. The van der Waals surface area contributed by atoms with Crippen LogP contribution in [-0.2, 0) is 9.47 Å². The summed E-state index contributed by atoms with van der Waals surface area (Å²) in [6.45, 7) is 6.09. The number of hydrogen-bond acceptors (Lipinski definition) is 8. The van der Waals surface area contributed by atoms with E-state index in [4.69, 9.17) is 14.2 Å². The Morgan fingerprint density at radius 1 is 1.22 bits per heavy atom. The summed E-state index contributed by atoms with van der Waals surface area (Å²) < 4.78 is 17.2. The molecule has 1 unspecified atom stereocenters. The van der Waals surface area contributed by atoms with Crippen LogP contribution < -0.4 is 25.2 Å². The number of rotatable bonds is 6. The van der Waals surface area contributed by atoms with E-state index in [-0.39, 0.29) is 30.1 Å². The van der Waals surface area contributed by atoms with E-state index in [1.165, 1.54) is 0 Å². The molecule has 1 saturated carbocycles. The van der Waals surface area contributed by atoms with Gasteiger partial charge in [0.15, 0.2) is 11.6 Å². The Morgan fingerprint density at radius 3 is 2.86 bits per heavy atom. The van der Waals surface area contributed by atoms with Crippen LogP contribution in [0.2, 0.25) is 0 Å². The van der Waals surface area contributed by atoms with E-state index in [0.29, 0.717) is 36.3 Å². The van der Waals surface area contributed by atoms with E-state index >= 15 is 0 Å². The Balaban J connectivity index is 1.17. The Kier molecular flexibility index (Phi) is 5.68. The smallest absolute Gasteiger partial charge is 0.329 e. The monoisotopic (exact) mass is 494 g/mol. The largest absolute Gasteiger partial charge is 0.491 e. The van der Waals surface area contributed by atoms with E-state index < -0.39 is 5.79 Å². The average Bonchev–Trinajstić information content (AvgIpc) is 3.46. The van der Waals surface area contributed by atoms with Crippen molar-refractivity contribution in [2.24, 2.45) is 0 Å². The third-order valence-corrected chi connectivity index (χ3v) is 6.79. The molecule has 0 aromatic carbocycles. The number of carbonyl (C=O) groups excluding carboxylic acids is 2. The minimum absolute atomic E-state index is 0.0333. The quantitative estimate of drug-likeness (QED) is 0.629. The van der Waals surface area contributed by atoms with Gasteiger partial charge in [0.25, 0.3) is 5.91 Å². The zero-order valence-electron chi connectivity index (χ0n) is 20.4. The molecule has 2 aromatic rings. The molecular formula is C25H30N6O5. The van der Waals surface area contributed by atoms with Crippen molar-refractivity contribution in [1.82, 2.24) is 15.3 Å². The molecule has 2 atom stereocenters. The van der Waals surface area contributed by atoms with E-state index in [2.05, 4.69) is 25.5 Å². The zero-order valence-corrected chi connectivity index (χ0v) is 20.4. The summed E-state index contributed by atoms with van der Waals surface area (Å²) >= 11 is 0. The molecular weight excluding hydrogens is 464 g/mol. The maximum atomic E-state index is 13.5. The molecule has 4 aliphatic rings. The maximum absolute atomic E-state index is 13.5. The fourth-order valence-electron chi connectivity index (χ4n) is 4.86. The van der Waals surface area contributed by atoms with Gasteiger partial charge in [0.05, 0.1) is 18.3 Å². The molecule has 3 amide bonds. The highest BCUT2D eigenvalue weighted by atomic mass is 16.7. The van der Waals surface area contributed by atoms with Crippen LogP contribution in [0.25, 0.3) is 0 Å². The second kappa shape index (κ2) is 8.90. The summed E-state index contributed by atoms with van der Waals surface area (Å²) in [7, 11) is 0. The Morgan fingerprint density at radius 2 is 2.08 bits per heavy atom. The third-order valence-electron chi connectivity index (χ3n) is 6.79. The molecule has 2 saturated heterocycles. The van der Waals surface area contributed by atoms with Crippen LogP contribution in [0, 0.1) is 0 Å². The van der Waals surface area contributed by atoms with Crippen molar-refractivity contribution in [1.29, 1.82) is 0 Å². The number of amides is 3. The van der Waals surface area contributed by atoms with Gasteiger partial charge in [-0.3, -0.25) is 15.0 Å². The van der Waals surface area contributed by atoms with Crippen molar-refractivity contribution in [3.8, 4) is 5.75 Å². The predicted octanol–water partition coefficient (Wildman–Crippen LogP) is 2.53. The van der Waals surface area contributed by atoms with Crippen molar-refractivity contribution in [2.75, 3.05) is 41.4 Å². The Hall–Kier alpha value is -3.44. The molecule has 2 aromatic heterocycles. The van der Waals surface area contributed by atoms with Crippen LogP contribution in [0.1, 0.15) is 43.6 Å². The van der Waals surface area contributed by atoms with E-state index in [9.17, 15) is 9.59 Å². The molecule has 2 N–H and O–H groups in total. The fraction of sp³-hybridized carbons (Fsp3) is 0.520. The first-order chi connectivity index (χ1) is 17.3. The first kappa shape index (κ1) is 23.0. The number of hydrogen-bond donors (Lipinski definition) is 2. The second-order valence-corrected chi connectivity index (χ2v) is 10.1. The lowest BCUT2D eigenvalue weighted by atomic mass is 10.1. The predicted molar refractivity (Wildman–Crippen MR) is 131 cm³/mol. The van der Waals surface area contributed by atoms with Crippen LogP contribution in [0.5, 0.6) is 5.75 Å². The number of carbonyl (C=O) groups is 2. The molecule has 1 aliphatic carbocycles. The number of nitrogens with one attached hydrogen (secondary N) is 2. The number of urea groups is 1. The van der Waals surface area contributed by atoms with Gasteiger partial charge in [-0.1, -0.05) is 0 Å². The van der Waals surface area contributed by atoms with Gasteiger partial charge in [0.2, 0.25) is 0 Å². The van der Waals surface area contributed by atoms with Crippen LogP contribution in [0.4, 0.5) is 22.1 Å². The van der Waals surface area contributed by atoms with Gasteiger partial charge in [0.1, 0.15) is 30.0 Å². The van der Waals surface area contributed by atoms with Crippen molar-refractivity contribution in [3.63, 3.8) is 0 Å². The van der Waals surface area contributed by atoms with E-state index in [1.807, 2.05) is 19.9 Å². The van der Waals surface area contributed by atoms with Gasteiger partial charge < -0.3 is 24.4 Å². The first-order valence-corrected chi connectivity index (χ1v) is 12.4. The number of aromatic nitrogens is 2. The molecule has 0 spiro atoms. The average molecular weight is 495 g/mol. The second-order valence-electron chi connectivity index (χ2n) is 10.1. The standard InChI is InChI=1S/C25H30N6O5/c1-25(2)35-14-18(36-25)13-34-17-7-9-26-21(11-17)29-24(33)31-16-8-10-30(12-16)20-6-5-19(28-22(20)31)23(32)27-15-3-4-15/h5-7,9,11,15-16,18H,3-4,8,10,12-14H2,1-2H3,(H,27,32)(H,26,29,33)/t16-,18?/m0/s1. The van der Waals surface area contributed by atoms with Crippen LogP contribution in [0.15, 0.2) is 30.5 Å². The summed E-state index contributed by atoms with van der Waals surface area (Å²) in [6, 6.07) is 6.88. The molecule has 5 heterocycles. The van der Waals surface area contributed by atoms with Crippen LogP contribution in [-0.4, -0.2) is 72.2 Å². The van der Waals surface area contributed by atoms with Gasteiger partial charge in [-0.15, -0.1) is 0 Å². The van der Waals surface area contributed by atoms with Gasteiger partial charge in [-0.05, 0) is 51.3 Å². The highest BCUT2D eigenvalue weighted by Gasteiger charge is 2.41. The number of anilines is 3. The number of pyridine rings is 2. The zero-order chi connectivity index (χ0) is 24.9. The number of nitrogens with zero attached hydrogens (tertiary/aromatic N) is 4. The lowest BCUT2D eigenvalue weighted by molar-refractivity contribution is -0.141. The SMILES string of the molecule is CC1(C)OCC(COc2ccnc(NC(=O)N3c4nc(C(=O)NC5CC5)ccc4N4CC[C@H]3C4)c2)O1. The fourth-order valence-corrected chi connectivity index (χ4v) is 4.86. The van der Waals surface area contributed by atoms with Crippen LogP contribution in [0.3, 0.4) is 0 Å². The lowest BCUT2D eigenvalue weighted by Gasteiger charge is -2.35. The normalized spacial score (nSPS) is 23.8. The van der Waals surface area contributed by atoms with E-state index in [0.717, 1.165) is 38.0 Å². The molecule has 3 aliphatic heterocycles. The Labute approximate surface area is 209 Å². The molecule has 36 heavy (non-hydrogen) atoms. The molecule has 11 nitrogen and oxygen atoms in total.